The molecule has 0 bridgehead atoms. The molecule has 4 nitrogen and oxygen atoms in total. The molecular formula is C14H31ClN2O2S. The summed E-state index contributed by atoms with van der Waals surface area (Å²) in [6.07, 6.45) is 7.71. The van der Waals surface area contributed by atoms with Gasteiger partial charge in [0.25, 0.3) is 0 Å². The molecule has 0 heterocycles. The largest absolute Gasteiger partial charge is 0.329 e. The molecule has 0 aromatic heterocycles. The minimum absolute atomic E-state index is 0. The maximum atomic E-state index is 12.2. The summed E-state index contributed by atoms with van der Waals surface area (Å²) >= 11 is 0. The second kappa shape index (κ2) is 9.98. The van der Waals surface area contributed by atoms with Gasteiger partial charge in [0, 0.05) is 12.6 Å². The lowest BCUT2D eigenvalue weighted by Crippen LogP contribution is -2.47. The summed E-state index contributed by atoms with van der Waals surface area (Å²) in [5, 5.41) is 0. The Morgan fingerprint density at radius 2 is 1.70 bits per heavy atom. The van der Waals surface area contributed by atoms with Crippen LogP contribution >= 0.6 is 12.4 Å². The number of nitrogens with one attached hydrogen (secondary N) is 1. The second-order valence-electron chi connectivity index (χ2n) is 5.82. The van der Waals surface area contributed by atoms with Crippen LogP contribution in [0, 0.1) is 11.8 Å². The SMILES string of the molecule is CCC(CC)CS(=O)(=O)NC(CN)C1CCCCC1.Cl. The minimum Gasteiger partial charge on any atom is -0.329 e. The van der Waals surface area contributed by atoms with Gasteiger partial charge in [-0.2, -0.15) is 0 Å². The number of sulfonamides is 1. The lowest BCUT2D eigenvalue weighted by Gasteiger charge is -2.30. The van der Waals surface area contributed by atoms with Crippen molar-refractivity contribution in [3.8, 4) is 0 Å². The van der Waals surface area contributed by atoms with Crippen molar-refractivity contribution in [2.24, 2.45) is 17.6 Å². The molecule has 0 aliphatic heterocycles. The molecule has 20 heavy (non-hydrogen) atoms. The topological polar surface area (TPSA) is 72.2 Å². The maximum absolute atomic E-state index is 12.2. The third-order valence-electron chi connectivity index (χ3n) is 4.41. The van der Waals surface area contributed by atoms with Crippen molar-refractivity contribution in [1.29, 1.82) is 0 Å². The Bertz CT molecular complexity index is 339. The first-order valence-corrected chi connectivity index (χ1v) is 9.37. The van der Waals surface area contributed by atoms with Gasteiger partial charge in [0.2, 0.25) is 10.0 Å². The van der Waals surface area contributed by atoms with Crippen LogP contribution in [-0.2, 0) is 10.0 Å². The quantitative estimate of drug-likeness (QED) is 0.720. The van der Waals surface area contributed by atoms with Gasteiger partial charge in [-0.1, -0.05) is 46.0 Å². The zero-order valence-electron chi connectivity index (χ0n) is 12.8. The van der Waals surface area contributed by atoms with Gasteiger partial charge >= 0.3 is 0 Å². The first-order valence-electron chi connectivity index (χ1n) is 7.72. The lowest BCUT2D eigenvalue weighted by molar-refractivity contribution is 0.293. The van der Waals surface area contributed by atoms with Crippen molar-refractivity contribution in [2.75, 3.05) is 12.3 Å². The Kier molecular flexibility index (Phi) is 10.1. The molecule has 1 unspecified atom stereocenters. The van der Waals surface area contributed by atoms with E-state index in [1.165, 1.54) is 19.3 Å². The van der Waals surface area contributed by atoms with E-state index in [0.29, 0.717) is 12.5 Å². The fraction of sp³-hybridized carbons (Fsp3) is 1.00. The summed E-state index contributed by atoms with van der Waals surface area (Å²) in [6.45, 7) is 4.50. The van der Waals surface area contributed by atoms with Gasteiger partial charge in [-0.05, 0) is 24.7 Å². The third-order valence-corrected chi connectivity index (χ3v) is 5.99. The molecule has 0 saturated heterocycles. The normalized spacial score (nSPS) is 18.8. The Hall–Kier alpha value is 0.160. The first kappa shape index (κ1) is 20.2. The molecular weight excluding hydrogens is 296 g/mol. The van der Waals surface area contributed by atoms with Gasteiger partial charge in [-0.3, -0.25) is 0 Å². The van der Waals surface area contributed by atoms with Crippen LogP contribution in [0.2, 0.25) is 0 Å². The molecule has 0 aromatic carbocycles. The average molecular weight is 327 g/mol. The summed E-state index contributed by atoms with van der Waals surface area (Å²) < 4.78 is 27.3. The molecule has 1 saturated carbocycles. The van der Waals surface area contributed by atoms with Crippen LogP contribution in [0.5, 0.6) is 0 Å². The summed E-state index contributed by atoms with van der Waals surface area (Å²) in [4.78, 5) is 0. The number of hydrogen-bond donors (Lipinski definition) is 2. The zero-order chi connectivity index (χ0) is 14.3. The standard InChI is InChI=1S/C14H30N2O2S.ClH/c1-3-12(4-2)11-19(17,18)16-14(10-15)13-8-6-5-7-9-13;/h12-14,16H,3-11,15H2,1-2H3;1H. The predicted octanol–water partition coefficient (Wildman–Crippen LogP) is 2.67. The van der Waals surface area contributed by atoms with Crippen molar-refractivity contribution in [2.45, 2.75) is 64.8 Å². The van der Waals surface area contributed by atoms with Crippen LogP contribution in [0.25, 0.3) is 0 Å². The molecule has 1 aliphatic carbocycles. The number of nitrogens with two attached hydrogens (primary N) is 1. The smallest absolute Gasteiger partial charge is 0.212 e. The first-order chi connectivity index (χ1) is 9.02. The van der Waals surface area contributed by atoms with E-state index >= 15 is 0 Å². The van der Waals surface area contributed by atoms with Crippen molar-refractivity contribution < 1.29 is 8.42 Å². The highest BCUT2D eigenvalue weighted by atomic mass is 35.5. The second-order valence-corrected chi connectivity index (χ2v) is 7.62. The lowest BCUT2D eigenvalue weighted by atomic mass is 9.84. The van der Waals surface area contributed by atoms with Crippen molar-refractivity contribution >= 4 is 22.4 Å². The molecule has 0 radical (unpaired) electrons. The minimum atomic E-state index is -3.20. The molecule has 122 valence electrons. The van der Waals surface area contributed by atoms with E-state index in [-0.39, 0.29) is 30.1 Å². The Balaban J connectivity index is 0.00000361. The summed E-state index contributed by atoms with van der Waals surface area (Å²) in [5.41, 5.74) is 5.78. The van der Waals surface area contributed by atoms with E-state index in [4.69, 9.17) is 5.73 Å². The summed E-state index contributed by atoms with van der Waals surface area (Å²) in [5.74, 6) is 0.918. The number of halogens is 1. The molecule has 1 aliphatic rings. The van der Waals surface area contributed by atoms with Gasteiger partial charge in [0.1, 0.15) is 0 Å². The van der Waals surface area contributed by atoms with Crippen LogP contribution in [0.1, 0.15) is 58.8 Å². The molecule has 1 rings (SSSR count). The Morgan fingerprint density at radius 3 is 2.15 bits per heavy atom. The maximum Gasteiger partial charge on any atom is 0.212 e. The van der Waals surface area contributed by atoms with Gasteiger partial charge < -0.3 is 5.73 Å². The van der Waals surface area contributed by atoms with Crippen LogP contribution in [0.3, 0.4) is 0 Å². The van der Waals surface area contributed by atoms with E-state index in [2.05, 4.69) is 4.72 Å². The predicted molar refractivity (Wildman–Crippen MR) is 87.7 cm³/mol. The van der Waals surface area contributed by atoms with E-state index in [0.717, 1.165) is 25.7 Å². The van der Waals surface area contributed by atoms with Crippen LogP contribution in [0.4, 0.5) is 0 Å². The molecule has 1 fully saturated rings. The van der Waals surface area contributed by atoms with Gasteiger partial charge in [0.15, 0.2) is 0 Å². The van der Waals surface area contributed by atoms with Crippen molar-refractivity contribution in [3.63, 3.8) is 0 Å². The van der Waals surface area contributed by atoms with Crippen molar-refractivity contribution in [1.82, 2.24) is 4.72 Å². The van der Waals surface area contributed by atoms with Gasteiger partial charge in [0.05, 0.1) is 5.75 Å². The van der Waals surface area contributed by atoms with E-state index in [1.54, 1.807) is 0 Å². The fourth-order valence-electron chi connectivity index (χ4n) is 2.99. The fourth-order valence-corrected chi connectivity index (χ4v) is 4.92. The highest BCUT2D eigenvalue weighted by Crippen LogP contribution is 2.26. The molecule has 3 N–H and O–H groups in total. The molecule has 6 heteroatoms. The Labute approximate surface area is 130 Å². The summed E-state index contributed by atoms with van der Waals surface area (Å²) in [7, 11) is -3.20. The highest BCUT2D eigenvalue weighted by molar-refractivity contribution is 7.89. The molecule has 1 atom stereocenters. The van der Waals surface area contributed by atoms with Crippen LogP contribution in [-0.4, -0.2) is 26.8 Å². The van der Waals surface area contributed by atoms with E-state index in [1.807, 2.05) is 13.8 Å². The Morgan fingerprint density at radius 1 is 1.15 bits per heavy atom. The number of rotatable bonds is 8. The van der Waals surface area contributed by atoms with Gasteiger partial charge in [-0.25, -0.2) is 13.1 Å². The molecule has 0 spiro atoms. The van der Waals surface area contributed by atoms with E-state index < -0.39 is 10.0 Å². The van der Waals surface area contributed by atoms with Gasteiger partial charge in [-0.15, -0.1) is 12.4 Å². The molecule has 0 amide bonds. The highest BCUT2D eigenvalue weighted by Gasteiger charge is 2.27. The third kappa shape index (κ3) is 6.74. The van der Waals surface area contributed by atoms with Crippen LogP contribution in [0.15, 0.2) is 0 Å². The molecule has 0 aromatic rings. The monoisotopic (exact) mass is 326 g/mol. The van der Waals surface area contributed by atoms with Crippen LogP contribution < -0.4 is 10.5 Å². The van der Waals surface area contributed by atoms with Crippen molar-refractivity contribution in [3.05, 3.63) is 0 Å². The summed E-state index contributed by atoms with van der Waals surface area (Å²) in [6, 6.07) is -0.0698. The van der Waals surface area contributed by atoms with E-state index in [9.17, 15) is 8.42 Å². The zero-order valence-corrected chi connectivity index (χ0v) is 14.4. The number of hydrogen-bond acceptors (Lipinski definition) is 3. The average Bonchev–Trinajstić information content (AvgIpc) is 2.43.